The Morgan fingerprint density at radius 3 is 2.67 bits per heavy atom. The van der Waals surface area contributed by atoms with Gasteiger partial charge in [-0.1, -0.05) is 35.5 Å². The van der Waals surface area contributed by atoms with E-state index < -0.39 is 23.7 Å². The van der Waals surface area contributed by atoms with Crippen LogP contribution >= 0.6 is 11.8 Å². The average Bonchev–Trinajstić information content (AvgIpc) is 3.51. The van der Waals surface area contributed by atoms with Gasteiger partial charge < -0.3 is 20.8 Å². The van der Waals surface area contributed by atoms with E-state index in [1.807, 2.05) is 18.2 Å². The lowest BCUT2D eigenvalue weighted by Crippen LogP contribution is -2.56. The van der Waals surface area contributed by atoms with Crippen LogP contribution in [0.4, 0.5) is 5.82 Å². The van der Waals surface area contributed by atoms with Gasteiger partial charge in [0.15, 0.2) is 27.7 Å². The molecule has 4 N–H and O–H groups in total. The molecule has 0 radical (unpaired) electrons. The van der Waals surface area contributed by atoms with Crippen LogP contribution < -0.4 is 10.6 Å². The molecule has 1 amide bonds. The molecule has 2 aromatic carbocycles. The summed E-state index contributed by atoms with van der Waals surface area (Å²) in [4.78, 5) is 23.8. The van der Waals surface area contributed by atoms with Crippen LogP contribution in [0.2, 0.25) is 0 Å². The molecule has 36 heavy (non-hydrogen) atoms. The highest BCUT2D eigenvalue weighted by atomic mass is 32.2. The minimum absolute atomic E-state index is 0.210. The number of anilines is 1. The van der Waals surface area contributed by atoms with Crippen LogP contribution in [0.1, 0.15) is 32.6 Å². The highest BCUT2D eigenvalue weighted by Crippen LogP contribution is 2.40. The van der Waals surface area contributed by atoms with Crippen molar-refractivity contribution < 1.29 is 15.0 Å². The standard InChI is InChI=1S/C25H27N7O3S/c1-2-26-23(35)25(12-11-18(33)20(25)34)32-22-19(30-31-32)21(27-16-8-9-16)28-24(29-22)36-17-10-7-14-5-3-4-6-15(14)13-17/h3-7,10,13,16,18,20,33-34H,2,8-9,11-12H2,1H3,(H,26,35)(H,27,28,29). The molecular formula is C25H27N7O3S. The van der Waals surface area contributed by atoms with Crippen molar-refractivity contribution in [2.24, 2.45) is 0 Å². The monoisotopic (exact) mass is 505 g/mol. The normalized spacial score (nSPS) is 23.9. The van der Waals surface area contributed by atoms with Gasteiger partial charge in [-0.3, -0.25) is 4.79 Å². The van der Waals surface area contributed by atoms with Gasteiger partial charge in [0.2, 0.25) is 0 Å². The number of rotatable bonds is 7. The fourth-order valence-corrected chi connectivity index (χ4v) is 5.65. The zero-order chi connectivity index (χ0) is 24.9. The van der Waals surface area contributed by atoms with Crippen molar-refractivity contribution in [2.75, 3.05) is 11.9 Å². The van der Waals surface area contributed by atoms with Crippen LogP contribution in [0.25, 0.3) is 21.9 Å². The van der Waals surface area contributed by atoms with Gasteiger partial charge in [-0.05, 0) is 67.3 Å². The van der Waals surface area contributed by atoms with E-state index >= 15 is 0 Å². The molecule has 4 aromatic rings. The van der Waals surface area contributed by atoms with Gasteiger partial charge in [0.05, 0.1) is 6.10 Å². The number of carbonyl (C=O) groups is 1. The van der Waals surface area contributed by atoms with Gasteiger partial charge in [0.25, 0.3) is 5.91 Å². The number of fused-ring (bicyclic) bond motifs is 2. The number of amides is 1. The van der Waals surface area contributed by atoms with Crippen molar-refractivity contribution in [1.29, 1.82) is 0 Å². The number of nitrogens with zero attached hydrogens (tertiary/aromatic N) is 5. The minimum atomic E-state index is -1.51. The summed E-state index contributed by atoms with van der Waals surface area (Å²) < 4.78 is 1.39. The predicted molar refractivity (Wildman–Crippen MR) is 136 cm³/mol. The smallest absolute Gasteiger partial charge is 0.250 e. The van der Waals surface area contributed by atoms with Gasteiger partial charge in [-0.2, -0.15) is 0 Å². The second-order valence-corrected chi connectivity index (χ2v) is 10.4. The van der Waals surface area contributed by atoms with Gasteiger partial charge in [0, 0.05) is 17.5 Å². The van der Waals surface area contributed by atoms with E-state index in [4.69, 9.17) is 9.97 Å². The van der Waals surface area contributed by atoms with Crippen LogP contribution in [-0.4, -0.2) is 65.9 Å². The Hall–Kier alpha value is -3.28. The largest absolute Gasteiger partial charge is 0.390 e. The number of benzene rings is 2. The first-order valence-electron chi connectivity index (χ1n) is 12.2. The highest BCUT2D eigenvalue weighted by molar-refractivity contribution is 7.99. The van der Waals surface area contributed by atoms with Crippen molar-refractivity contribution >= 4 is 45.4 Å². The van der Waals surface area contributed by atoms with Crippen molar-refractivity contribution in [1.82, 2.24) is 30.3 Å². The topological polar surface area (TPSA) is 138 Å². The molecule has 3 unspecified atom stereocenters. The summed E-state index contributed by atoms with van der Waals surface area (Å²) in [7, 11) is 0. The third kappa shape index (κ3) is 3.87. The molecule has 0 bridgehead atoms. The maximum Gasteiger partial charge on any atom is 0.250 e. The summed E-state index contributed by atoms with van der Waals surface area (Å²) in [5.74, 6) is 0.135. The zero-order valence-corrected chi connectivity index (χ0v) is 20.6. The van der Waals surface area contributed by atoms with Crippen LogP contribution in [0, 0.1) is 0 Å². The van der Waals surface area contributed by atoms with Crippen molar-refractivity contribution in [2.45, 2.75) is 66.4 Å². The molecule has 0 saturated heterocycles. The van der Waals surface area contributed by atoms with Gasteiger partial charge >= 0.3 is 0 Å². The summed E-state index contributed by atoms with van der Waals surface area (Å²) in [6.07, 6.45) is 0.157. The first-order chi connectivity index (χ1) is 17.5. The third-order valence-corrected chi connectivity index (χ3v) is 7.77. The van der Waals surface area contributed by atoms with E-state index in [2.05, 4.69) is 45.2 Å². The lowest BCUT2D eigenvalue weighted by atomic mass is 9.93. The Balaban J connectivity index is 1.47. The molecule has 186 valence electrons. The number of aliphatic hydroxyl groups is 2. The van der Waals surface area contributed by atoms with E-state index in [1.165, 1.54) is 16.4 Å². The molecule has 3 atom stereocenters. The number of carbonyl (C=O) groups excluding carboxylic acids is 1. The lowest BCUT2D eigenvalue weighted by molar-refractivity contribution is -0.137. The molecular weight excluding hydrogens is 478 g/mol. The van der Waals surface area contributed by atoms with E-state index in [-0.39, 0.29) is 12.8 Å². The molecule has 11 heteroatoms. The number of aromatic nitrogens is 5. The summed E-state index contributed by atoms with van der Waals surface area (Å²) in [5.41, 5.74) is -0.738. The van der Waals surface area contributed by atoms with Crippen molar-refractivity contribution in [3.63, 3.8) is 0 Å². The Labute approximate surface area is 211 Å². The predicted octanol–water partition coefficient (Wildman–Crippen LogP) is 2.45. The molecule has 6 rings (SSSR count). The molecule has 2 aromatic heterocycles. The fraction of sp³-hybridized carbons (Fsp3) is 0.400. The lowest BCUT2D eigenvalue weighted by Gasteiger charge is -2.31. The number of hydrogen-bond acceptors (Lipinski definition) is 9. The Kier molecular flexibility index (Phi) is 5.78. The Bertz CT molecular complexity index is 1460. The minimum Gasteiger partial charge on any atom is -0.390 e. The Morgan fingerprint density at radius 2 is 1.94 bits per heavy atom. The molecule has 2 fully saturated rings. The third-order valence-electron chi connectivity index (χ3n) is 6.91. The molecule has 2 aliphatic carbocycles. The Morgan fingerprint density at radius 1 is 1.14 bits per heavy atom. The second-order valence-electron chi connectivity index (χ2n) is 9.39. The number of nitrogens with one attached hydrogen (secondary N) is 2. The van der Waals surface area contributed by atoms with E-state index in [9.17, 15) is 15.0 Å². The molecule has 2 heterocycles. The summed E-state index contributed by atoms with van der Waals surface area (Å²) in [6.45, 7) is 2.18. The maximum absolute atomic E-state index is 13.3. The number of hydrogen-bond donors (Lipinski definition) is 4. The maximum atomic E-state index is 13.3. The zero-order valence-electron chi connectivity index (χ0n) is 19.8. The van der Waals surface area contributed by atoms with Crippen molar-refractivity contribution in [3.8, 4) is 0 Å². The first kappa shape index (κ1) is 23.1. The van der Waals surface area contributed by atoms with Gasteiger partial charge in [-0.15, -0.1) is 5.10 Å². The van der Waals surface area contributed by atoms with Crippen LogP contribution in [0.15, 0.2) is 52.5 Å². The van der Waals surface area contributed by atoms with E-state index in [0.29, 0.717) is 34.7 Å². The van der Waals surface area contributed by atoms with Crippen LogP contribution in [0.5, 0.6) is 0 Å². The molecule has 2 aliphatic rings. The molecule has 2 saturated carbocycles. The summed E-state index contributed by atoms with van der Waals surface area (Å²) >= 11 is 1.41. The second kappa shape index (κ2) is 8.99. The molecule has 0 aliphatic heterocycles. The number of likely N-dealkylation sites (N-methyl/N-ethyl adjacent to an activating group) is 1. The summed E-state index contributed by atoms with van der Waals surface area (Å²) in [6, 6.07) is 14.6. The SMILES string of the molecule is CCNC(=O)C1(n2nnc3c(NC4CC4)nc(Sc4ccc5ccccc5c4)nc32)CCC(O)C1O. The van der Waals surface area contributed by atoms with Crippen molar-refractivity contribution in [3.05, 3.63) is 42.5 Å². The summed E-state index contributed by atoms with van der Waals surface area (Å²) in [5, 5.41) is 39.0. The molecule has 0 spiro atoms. The fourth-order valence-electron chi connectivity index (χ4n) is 4.85. The molecule has 10 nitrogen and oxygen atoms in total. The van der Waals surface area contributed by atoms with Crippen LogP contribution in [-0.2, 0) is 10.3 Å². The quantitative estimate of drug-likeness (QED) is 0.279. The average molecular weight is 506 g/mol. The van der Waals surface area contributed by atoms with Gasteiger partial charge in [0.1, 0.15) is 6.10 Å². The van der Waals surface area contributed by atoms with Crippen LogP contribution in [0.3, 0.4) is 0 Å². The van der Waals surface area contributed by atoms with E-state index in [0.717, 1.165) is 28.5 Å². The first-order valence-corrected chi connectivity index (χ1v) is 13.0. The number of aliphatic hydroxyl groups excluding tert-OH is 2. The van der Waals surface area contributed by atoms with Gasteiger partial charge in [-0.25, -0.2) is 14.6 Å². The highest BCUT2D eigenvalue weighted by Gasteiger charge is 2.56. The van der Waals surface area contributed by atoms with E-state index in [1.54, 1.807) is 6.92 Å².